The van der Waals surface area contributed by atoms with Gasteiger partial charge in [-0.3, -0.25) is 0 Å². The Hall–Kier alpha value is -1.32. The van der Waals surface area contributed by atoms with E-state index in [0.29, 0.717) is 4.90 Å². The Bertz CT molecular complexity index is 593. The van der Waals surface area contributed by atoms with Gasteiger partial charge in [-0.2, -0.15) is 0 Å². The zero-order chi connectivity index (χ0) is 14.0. The van der Waals surface area contributed by atoms with E-state index < -0.39 is 0 Å². The van der Waals surface area contributed by atoms with Crippen molar-refractivity contribution in [2.24, 2.45) is 5.73 Å². The first-order chi connectivity index (χ1) is 8.99. The van der Waals surface area contributed by atoms with Gasteiger partial charge in [0.05, 0.1) is 4.90 Å². The van der Waals surface area contributed by atoms with Crippen LogP contribution in [0.5, 0.6) is 0 Å². The molecule has 2 aromatic rings. The molecule has 2 aromatic carbocycles. The average Bonchev–Trinajstić information content (AvgIpc) is 2.35. The summed E-state index contributed by atoms with van der Waals surface area (Å²) >= 11 is 1.45. The zero-order valence-corrected chi connectivity index (χ0v) is 12.2. The Kier molecular flexibility index (Phi) is 4.27. The maximum absolute atomic E-state index is 14.1. The number of rotatable bonds is 3. The predicted molar refractivity (Wildman–Crippen MR) is 79.0 cm³/mol. The molecule has 2 rings (SSSR count). The average molecular weight is 275 g/mol. The molecule has 0 amide bonds. The van der Waals surface area contributed by atoms with Crippen molar-refractivity contribution in [2.75, 3.05) is 0 Å². The van der Waals surface area contributed by atoms with Gasteiger partial charge in [-0.25, -0.2) is 4.39 Å². The fourth-order valence-corrected chi connectivity index (χ4v) is 3.15. The van der Waals surface area contributed by atoms with E-state index in [2.05, 4.69) is 18.2 Å². The molecule has 0 aliphatic heterocycles. The van der Waals surface area contributed by atoms with Crippen molar-refractivity contribution in [3.63, 3.8) is 0 Å². The first kappa shape index (κ1) is 14.1. The van der Waals surface area contributed by atoms with E-state index >= 15 is 0 Å². The predicted octanol–water partition coefficient (Wildman–Crippen LogP) is 4.61. The van der Waals surface area contributed by atoms with Crippen LogP contribution in [0.3, 0.4) is 0 Å². The van der Waals surface area contributed by atoms with Crippen molar-refractivity contribution in [2.45, 2.75) is 36.6 Å². The van der Waals surface area contributed by atoms with Crippen LogP contribution in [0.25, 0.3) is 0 Å². The summed E-state index contributed by atoms with van der Waals surface area (Å²) in [6.07, 6.45) is 0. The van der Waals surface area contributed by atoms with Gasteiger partial charge in [0.15, 0.2) is 0 Å². The molecule has 1 unspecified atom stereocenters. The largest absolute Gasteiger partial charge is 0.324 e. The van der Waals surface area contributed by atoms with Gasteiger partial charge in [0.2, 0.25) is 0 Å². The molecule has 0 saturated heterocycles. The highest BCUT2D eigenvalue weighted by molar-refractivity contribution is 7.99. The maximum atomic E-state index is 14.1. The molecule has 3 heteroatoms. The van der Waals surface area contributed by atoms with Gasteiger partial charge in [-0.15, -0.1) is 0 Å². The Morgan fingerprint density at radius 3 is 2.58 bits per heavy atom. The minimum absolute atomic E-state index is 0.177. The number of nitrogens with two attached hydrogens (primary N) is 1. The molecule has 100 valence electrons. The highest BCUT2D eigenvalue weighted by Gasteiger charge is 2.14. The fraction of sp³-hybridized carbons (Fsp3) is 0.250. The van der Waals surface area contributed by atoms with Crippen molar-refractivity contribution in [1.82, 2.24) is 0 Å². The molecule has 0 heterocycles. The summed E-state index contributed by atoms with van der Waals surface area (Å²) in [6, 6.07) is 11.1. The third-order valence-electron chi connectivity index (χ3n) is 3.04. The quantitative estimate of drug-likeness (QED) is 0.885. The molecule has 1 atom stereocenters. The molecule has 0 aromatic heterocycles. The van der Waals surface area contributed by atoms with Crippen molar-refractivity contribution < 1.29 is 4.39 Å². The molecule has 0 saturated carbocycles. The second-order valence-electron chi connectivity index (χ2n) is 4.82. The molecule has 0 aliphatic carbocycles. The van der Waals surface area contributed by atoms with Crippen LogP contribution in [-0.4, -0.2) is 0 Å². The van der Waals surface area contributed by atoms with Crippen LogP contribution >= 0.6 is 11.8 Å². The second-order valence-corrected chi connectivity index (χ2v) is 5.87. The number of hydrogen-bond acceptors (Lipinski definition) is 2. The van der Waals surface area contributed by atoms with Crippen LogP contribution in [0.15, 0.2) is 46.2 Å². The summed E-state index contributed by atoms with van der Waals surface area (Å²) < 4.78 is 14.1. The minimum atomic E-state index is -0.208. The molecule has 0 bridgehead atoms. The SMILES string of the molecule is Cc1ccc(C)c(Sc2c(F)cccc2C(C)N)c1. The molecule has 0 spiro atoms. The summed E-state index contributed by atoms with van der Waals surface area (Å²) in [6.45, 7) is 5.95. The first-order valence-corrected chi connectivity index (χ1v) is 7.10. The van der Waals surface area contributed by atoms with E-state index in [0.717, 1.165) is 16.0 Å². The van der Waals surface area contributed by atoms with Gasteiger partial charge in [-0.1, -0.05) is 36.0 Å². The fourth-order valence-electron chi connectivity index (χ4n) is 1.92. The van der Waals surface area contributed by atoms with Crippen molar-refractivity contribution in [1.29, 1.82) is 0 Å². The maximum Gasteiger partial charge on any atom is 0.137 e. The van der Waals surface area contributed by atoms with Gasteiger partial charge in [0.25, 0.3) is 0 Å². The van der Waals surface area contributed by atoms with Crippen LogP contribution in [0.4, 0.5) is 4.39 Å². The topological polar surface area (TPSA) is 26.0 Å². The summed E-state index contributed by atoms with van der Waals surface area (Å²) in [5.41, 5.74) is 9.10. The van der Waals surface area contributed by atoms with Gasteiger partial charge < -0.3 is 5.73 Å². The van der Waals surface area contributed by atoms with Crippen molar-refractivity contribution >= 4 is 11.8 Å². The summed E-state index contributed by atoms with van der Waals surface area (Å²) in [5.74, 6) is -0.208. The van der Waals surface area contributed by atoms with Crippen molar-refractivity contribution in [3.8, 4) is 0 Å². The first-order valence-electron chi connectivity index (χ1n) is 6.28. The number of halogens is 1. The third-order valence-corrected chi connectivity index (χ3v) is 4.34. The highest BCUT2D eigenvalue weighted by Crippen LogP contribution is 2.36. The van der Waals surface area contributed by atoms with Crippen LogP contribution in [0.1, 0.15) is 29.7 Å². The lowest BCUT2D eigenvalue weighted by Crippen LogP contribution is -2.07. The molecule has 2 N–H and O–H groups in total. The molecular formula is C16H18FNS. The second kappa shape index (κ2) is 5.76. The van der Waals surface area contributed by atoms with E-state index in [4.69, 9.17) is 5.73 Å². The van der Waals surface area contributed by atoms with Crippen LogP contribution in [0, 0.1) is 19.7 Å². The number of aryl methyl sites for hydroxylation is 2. The monoisotopic (exact) mass is 275 g/mol. The standard InChI is InChI=1S/C16H18FNS/c1-10-7-8-11(2)15(9-10)19-16-13(12(3)18)5-4-6-14(16)17/h4-9,12H,18H2,1-3H3. The highest BCUT2D eigenvalue weighted by atomic mass is 32.2. The van der Waals surface area contributed by atoms with Crippen LogP contribution in [-0.2, 0) is 0 Å². The zero-order valence-electron chi connectivity index (χ0n) is 11.4. The van der Waals surface area contributed by atoms with Gasteiger partial charge in [0.1, 0.15) is 5.82 Å². The van der Waals surface area contributed by atoms with Gasteiger partial charge in [-0.05, 0) is 49.6 Å². The molecule has 1 nitrogen and oxygen atoms in total. The van der Waals surface area contributed by atoms with E-state index in [-0.39, 0.29) is 11.9 Å². The Labute approximate surface area is 118 Å². The summed E-state index contributed by atoms with van der Waals surface area (Å²) in [7, 11) is 0. The number of benzene rings is 2. The summed E-state index contributed by atoms with van der Waals surface area (Å²) in [4.78, 5) is 1.71. The lowest BCUT2D eigenvalue weighted by atomic mass is 10.1. The van der Waals surface area contributed by atoms with Crippen LogP contribution < -0.4 is 5.73 Å². The normalized spacial score (nSPS) is 12.5. The Morgan fingerprint density at radius 1 is 1.16 bits per heavy atom. The lowest BCUT2D eigenvalue weighted by molar-refractivity contribution is 0.591. The molecular weight excluding hydrogens is 257 g/mol. The van der Waals surface area contributed by atoms with Crippen LogP contribution in [0.2, 0.25) is 0 Å². The molecule has 0 fully saturated rings. The number of hydrogen-bond donors (Lipinski definition) is 1. The molecule has 0 radical (unpaired) electrons. The molecule has 0 aliphatic rings. The molecule has 19 heavy (non-hydrogen) atoms. The smallest absolute Gasteiger partial charge is 0.137 e. The van der Waals surface area contributed by atoms with E-state index in [1.54, 1.807) is 6.07 Å². The third kappa shape index (κ3) is 3.17. The summed E-state index contributed by atoms with van der Waals surface area (Å²) in [5, 5.41) is 0. The van der Waals surface area contributed by atoms with Gasteiger partial charge >= 0.3 is 0 Å². The lowest BCUT2D eigenvalue weighted by Gasteiger charge is -2.14. The van der Waals surface area contributed by atoms with E-state index in [1.807, 2.05) is 26.8 Å². The Morgan fingerprint density at radius 2 is 1.89 bits per heavy atom. The Balaban J connectivity index is 2.46. The van der Waals surface area contributed by atoms with E-state index in [1.165, 1.54) is 23.4 Å². The van der Waals surface area contributed by atoms with Gasteiger partial charge in [0, 0.05) is 10.9 Å². The van der Waals surface area contributed by atoms with Crippen molar-refractivity contribution in [3.05, 3.63) is 58.9 Å². The van der Waals surface area contributed by atoms with E-state index in [9.17, 15) is 4.39 Å². The minimum Gasteiger partial charge on any atom is -0.324 e.